The zero-order valence-electron chi connectivity index (χ0n) is 7.62. The van der Waals surface area contributed by atoms with Gasteiger partial charge in [-0.15, -0.1) is 12.4 Å². The van der Waals surface area contributed by atoms with Crippen LogP contribution in [0.5, 0.6) is 5.75 Å². The lowest BCUT2D eigenvalue weighted by molar-refractivity contribution is 0.354. The second-order valence-electron chi connectivity index (χ2n) is 2.78. The number of para-hydroxylation sites is 2. The molecule has 1 rings (SSSR count). The van der Waals surface area contributed by atoms with Crippen molar-refractivity contribution in [2.45, 2.75) is 6.92 Å². The predicted molar refractivity (Wildman–Crippen MR) is 58.4 cm³/mol. The van der Waals surface area contributed by atoms with Crippen LogP contribution in [-0.4, -0.2) is 6.61 Å². The largest absolute Gasteiger partial charge is 0.487 e. The van der Waals surface area contributed by atoms with Gasteiger partial charge in [0, 0.05) is 0 Å². The minimum atomic E-state index is 0. The van der Waals surface area contributed by atoms with Crippen LogP contribution in [0.15, 0.2) is 36.4 Å². The molecule has 0 atom stereocenters. The minimum Gasteiger partial charge on any atom is -0.487 e. The molecule has 0 aliphatic heterocycles. The first-order valence-electron chi connectivity index (χ1n) is 3.82. The van der Waals surface area contributed by atoms with Gasteiger partial charge in [-0.05, 0) is 24.6 Å². The van der Waals surface area contributed by atoms with Crippen LogP contribution >= 0.6 is 12.4 Å². The first kappa shape index (κ1) is 11.8. The molecule has 0 amide bonds. The van der Waals surface area contributed by atoms with E-state index < -0.39 is 0 Å². The molecule has 2 nitrogen and oxygen atoms in total. The molecule has 0 aliphatic rings. The lowest BCUT2D eigenvalue weighted by Crippen LogP contribution is -2.00. The highest BCUT2D eigenvalue weighted by Gasteiger charge is 1.96. The number of benzene rings is 1. The number of hydrogen-bond donors (Lipinski definition) is 1. The van der Waals surface area contributed by atoms with Crippen LogP contribution in [0.4, 0.5) is 5.69 Å². The Morgan fingerprint density at radius 2 is 2.08 bits per heavy atom. The number of nitrogens with two attached hydrogens (primary N) is 1. The van der Waals surface area contributed by atoms with Crippen LogP contribution in [0.3, 0.4) is 0 Å². The van der Waals surface area contributed by atoms with E-state index in [4.69, 9.17) is 10.5 Å². The lowest BCUT2D eigenvalue weighted by Gasteiger charge is -2.07. The summed E-state index contributed by atoms with van der Waals surface area (Å²) in [4.78, 5) is 0. The van der Waals surface area contributed by atoms with Crippen LogP contribution in [0.2, 0.25) is 0 Å². The van der Waals surface area contributed by atoms with E-state index in [0.29, 0.717) is 12.3 Å². The van der Waals surface area contributed by atoms with Crippen molar-refractivity contribution >= 4 is 18.1 Å². The van der Waals surface area contributed by atoms with Crippen molar-refractivity contribution in [3.63, 3.8) is 0 Å². The summed E-state index contributed by atoms with van der Waals surface area (Å²) in [5.74, 6) is 0.723. The molecule has 0 radical (unpaired) electrons. The monoisotopic (exact) mass is 199 g/mol. The summed E-state index contributed by atoms with van der Waals surface area (Å²) in [6.07, 6.45) is 0. The molecule has 0 bridgehead atoms. The fraction of sp³-hybridized carbons (Fsp3) is 0.200. The van der Waals surface area contributed by atoms with Crippen molar-refractivity contribution < 1.29 is 4.74 Å². The molecule has 2 N–H and O–H groups in total. The Morgan fingerprint density at radius 3 is 2.62 bits per heavy atom. The lowest BCUT2D eigenvalue weighted by atomic mass is 10.3. The first-order chi connectivity index (χ1) is 5.70. The van der Waals surface area contributed by atoms with Gasteiger partial charge >= 0.3 is 0 Å². The Hall–Kier alpha value is -1.15. The number of anilines is 1. The van der Waals surface area contributed by atoms with Crippen LogP contribution in [-0.2, 0) is 0 Å². The summed E-state index contributed by atoms with van der Waals surface area (Å²) < 4.78 is 5.37. The molecule has 13 heavy (non-hydrogen) atoms. The third-order valence-corrected chi connectivity index (χ3v) is 1.39. The van der Waals surface area contributed by atoms with Crippen LogP contribution < -0.4 is 10.5 Å². The average molecular weight is 200 g/mol. The average Bonchev–Trinajstić information content (AvgIpc) is 2.03. The predicted octanol–water partition coefficient (Wildman–Crippen LogP) is 2.65. The maximum absolute atomic E-state index is 5.65. The van der Waals surface area contributed by atoms with Gasteiger partial charge in [-0.2, -0.15) is 0 Å². The molecule has 1 aromatic carbocycles. The van der Waals surface area contributed by atoms with Gasteiger partial charge in [-0.1, -0.05) is 18.7 Å². The molecule has 3 heteroatoms. The van der Waals surface area contributed by atoms with Gasteiger partial charge in [-0.25, -0.2) is 0 Å². The maximum Gasteiger partial charge on any atom is 0.142 e. The number of rotatable bonds is 3. The molecular weight excluding hydrogens is 186 g/mol. The Morgan fingerprint density at radius 1 is 1.46 bits per heavy atom. The Kier molecular flexibility index (Phi) is 5.00. The first-order valence-corrected chi connectivity index (χ1v) is 3.82. The highest BCUT2D eigenvalue weighted by atomic mass is 35.5. The normalized spacial score (nSPS) is 8.69. The van der Waals surface area contributed by atoms with Gasteiger partial charge in [0.2, 0.25) is 0 Å². The van der Waals surface area contributed by atoms with Gasteiger partial charge in [0.15, 0.2) is 0 Å². The molecule has 0 fully saturated rings. The molecular formula is C10H14ClNO. The Bertz CT molecular complexity index is 286. The SMILES string of the molecule is C=C(C)COc1ccccc1N.Cl. The van der Waals surface area contributed by atoms with E-state index in [1.807, 2.05) is 31.2 Å². The van der Waals surface area contributed by atoms with Crippen LogP contribution in [0, 0.1) is 0 Å². The summed E-state index contributed by atoms with van der Waals surface area (Å²) in [5.41, 5.74) is 7.30. The van der Waals surface area contributed by atoms with E-state index in [-0.39, 0.29) is 12.4 Å². The zero-order valence-corrected chi connectivity index (χ0v) is 8.43. The van der Waals surface area contributed by atoms with Crippen molar-refractivity contribution in [1.29, 1.82) is 0 Å². The van der Waals surface area contributed by atoms with Crippen molar-refractivity contribution in [3.05, 3.63) is 36.4 Å². The van der Waals surface area contributed by atoms with E-state index in [9.17, 15) is 0 Å². The summed E-state index contributed by atoms with van der Waals surface area (Å²) in [6, 6.07) is 7.43. The third kappa shape index (κ3) is 3.85. The van der Waals surface area contributed by atoms with Gasteiger partial charge in [0.05, 0.1) is 5.69 Å². The molecule has 1 aromatic rings. The number of ether oxygens (including phenoxy) is 1. The maximum atomic E-state index is 5.65. The molecule has 0 aromatic heterocycles. The van der Waals surface area contributed by atoms with Gasteiger partial charge in [-0.3, -0.25) is 0 Å². The number of hydrogen-bond acceptors (Lipinski definition) is 2. The minimum absolute atomic E-state index is 0. The quantitative estimate of drug-likeness (QED) is 0.600. The second kappa shape index (κ2) is 5.49. The van der Waals surface area contributed by atoms with E-state index in [2.05, 4.69) is 6.58 Å². The standard InChI is InChI=1S/C10H13NO.ClH/c1-8(2)7-12-10-6-4-3-5-9(10)11;/h3-6H,1,7,11H2,2H3;1H. The van der Waals surface area contributed by atoms with Crippen LogP contribution in [0.1, 0.15) is 6.92 Å². The highest BCUT2D eigenvalue weighted by Crippen LogP contribution is 2.19. The van der Waals surface area contributed by atoms with Crippen molar-refractivity contribution in [2.24, 2.45) is 0 Å². The topological polar surface area (TPSA) is 35.2 Å². The fourth-order valence-electron chi connectivity index (χ4n) is 0.813. The van der Waals surface area contributed by atoms with Gasteiger partial charge in [0.1, 0.15) is 12.4 Å². The van der Waals surface area contributed by atoms with Crippen molar-refractivity contribution in [2.75, 3.05) is 12.3 Å². The highest BCUT2D eigenvalue weighted by molar-refractivity contribution is 5.85. The summed E-state index contributed by atoms with van der Waals surface area (Å²) in [6.45, 7) is 6.17. The smallest absolute Gasteiger partial charge is 0.142 e. The zero-order chi connectivity index (χ0) is 8.97. The van der Waals surface area contributed by atoms with Gasteiger partial charge in [0.25, 0.3) is 0 Å². The molecule has 0 saturated heterocycles. The summed E-state index contributed by atoms with van der Waals surface area (Å²) in [7, 11) is 0. The molecule has 0 spiro atoms. The van der Waals surface area contributed by atoms with E-state index in [1.165, 1.54) is 0 Å². The van der Waals surface area contributed by atoms with E-state index in [1.54, 1.807) is 0 Å². The Balaban J connectivity index is 0.00000144. The molecule has 0 heterocycles. The second-order valence-corrected chi connectivity index (χ2v) is 2.78. The van der Waals surface area contributed by atoms with Crippen molar-refractivity contribution in [3.8, 4) is 5.75 Å². The Labute approximate surface area is 84.8 Å². The summed E-state index contributed by atoms with van der Waals surface area (Å²) >= 11 is 0. The third-order valence-electron chi connectivity index (χ3n) is 1.39. The number of nitrogen functional groups attached to an aromatic ring is 1. The molecule has 72 valence electrons. The van der Waals surface area contributed by atoms with Crippen molar-refractivity contribution in [1.82, 2.24) is 0 Å². The molecule has 0 saturated carbocycles. The van der Waals surface area contributed by atoms with E-state index >= 15 is 0 Å². The summed E-state index contributed by atoms with van der Waals surface area (Å²) in [5, 5.41) is 0. The van der Waals surface area contributed by atoms with Crippen LogP contribution in [0.25, 0.3) is 0 Å². The van der Waals surface area contributed by atoms with E-state index in [0.717, 1.165) is 11.3 Å². The fourth-order valence-corrected chi connectivity index (χ4v) is 0.813. The number of halogens is 1. The molecule has 0 unspecified atom stereocenters. The molecule has 0 aliphatic carbocycles. The van der Waals surface area contributed by atoms with Gasteiger partial charge < -0.3 is 10.5 Å².